The molecule has 1 amide bonds. The first-order chi connectivity index (χ1) is 8.61. The molecule has 0 aromatic rings. The van der Waals surface area contributed by atoms with Crippen LogP contribution < -0.4 is 0 Å². The maximum Gasteiger partial charge on any atom is 0.232 e. The summed E-state index contributed by atoms with van der Waals surface area (Å²) in [5, 5.41) is 10.6. The average molecular weight is 254 g/mol. The summed E-state index contributed by atoms with van der Waals surface area (Å²) in [4.78, 5) is 24.2. The smallest absolute Gasteiger partial charge is 0.232 e. The fourth-order valence-corrected chi connectivity index (χ4v) is 2.94. The summed E-state index contributed by atoms with van der Waals surface area (Å²) in [7, 11) is 1.82. The van der Waals surface area contributed by atoms with Gasteiger partial charge in [-0.05, 0) is 12.8 Å². The Morgan fingerprint density at radius 1 is 1.17 bits per heavy atom. The van der Waals surface area contributed by atoms with Crippen molar-refractivity contribution in [2.75, 3.05) is 7.05 Å². The maximum atomic E-state index is 12.1. The van der Waals surface area contributed by atoms with Gasteiger partial charge in [0.15, 0.2) is 0 Å². The number of nitrogens with zero attached hydrogens (tertiary/aromatic N) is 2. The minimum absolute atomic E-state index is 0.0118. The second-order valence-corrected chi connectivity index (χ2v) is 5.64. The van der Waals surface area contributed by atoms with Gasteiger partial charge in [0, 0.05) is 24.4 Å². The Bertz CT molecular complexity index is 324. The number of carbonyl (C=O) groups excluding carboxylic acids is 1. The van der Waals surface area contributed by atoms with Crippen molar-refractivity contribution in [3.8, 4) is 0 Å². The topological polar surface area (TPSA) is 63.5 Å². The number of carbonyl (C=O) groups is 1. The molecule has 2 fully saturated rings. The molecule has 2 saturated carbocycles. The molecule has 2 aliphatic rings. The number of rotatable bonds is 3. The van der Waals surface area contributed by atoms with E-state index in [1.165, 1.54) is 32.1 Å². The normalized spacial score (nSPS) is 29.2. The van der Waals surface area contributed by atoms with Crippen molar-refractivity contribution in [3.63, 3.8) is 0 Å². The fraction of sp³-hybridized carbons (Fsp3) is 0.923. The summed E-state index contributed by atoms with van der Waals surface area (Å²) in [6.45, 7) is 0. The molecule has 0 saturated heterocycles. The Labute approximate surface area is 108 Å². The van der Waals surface area contributed by atoms with Gasteiger partial charge in [0.1, 0.15) is 5.92 Å². The summed E-state index contributed by atoms with van der Waals surface area (Å²) < 4.78 is 0. The van der Waals surface area contributed by atoms with E-state index in [9.17, 15) is 14.9 Å². The van der Waals surface area contributed by atoms with Crippen molar-refractivity contribution in [2.45, 2.75) is 63.5 Å². The quantitative estimate of drug-likeness (QED) is 0.573. The third-order valence-corrected chi connectivity index (χ3v) is 4.31. The van der Waals surface area contributed by atoms with E-state index in [0.29, 0.717) is 12.5 Å². The molecule has 102 valence electrons. The Hall–Kier alpha value is -1.13. The number of nitro groups is 1. The molecule has 2 atom stereocenters. The number of hydrogen-bond donors (Lipinski definition) is 0. The van der Waals surface area contributed by atoms with Crippen molar-refractivity contribution in [1.29, 1.82) is 0 Å². The molecule has 0 N–H and O–H groups in total. The van der Waals surface area contributed by atoms with Crippen LogP contribution in [0.25, 0.3) is 0 Å². The van der Waals surface area contributed by atoms with E-state index in [-0.39, 0.29) is 16.7 Å². The highest BCUT2D eigenvalue weighted by Gasteiger charge is 2.54. The zero-order valence-electron chi connectivity index (χ0n) is 11.0. The largest absolute Gasteiger partial charge is 0.342 e. The maximum absolute atomic E-state index is 12.1. The molecule has 2 rings (SSSR count). The van der Waals surface area contributed by atoms with Crippen molar-refractivity contribution < 1.29 is 9.72 Å². The third kappa shape index (κ3) is 3.00. The SMILES string of the molecule is CN(C(=O)[C@@H]1C[C@H]1[N+](=O)[O-])C1CCCCCCC1. The van der Waals surface area contributed by atoms with Gasteiger partial charge < -0.3 is 4.90 Å². The van der Waals surface area contributed by atoms with Gasteiger partial charge in [-0.3, -0.25) is 14.9 Å². The average Bonchev–Trinajstić information content (AvgIpc) is 3.06. The fourth-order valence-electron chi connectivity index (χ4n) is 2.94. The monoisotopic (exact) mass is 254 g/mol. The van der Waals surface area contributed by atoms with Crippen LogP contribution in [0.4, 0.5) is 0 Å². The summed E-state index contributed by atoms with van der Waals surface area (Å²) in [5.74, 6) is -0.363. The van der Waals surface area contributed by atoms with Gasteiger partial charge in [-0.25, -0.2) is 0 Å². The molecule has 0 radical (unpaired) electrons. The van der Waals surface area contributed by atoms with E-state index >= 15 is 0 Å². The van der Waals surface area contributed by atoms with Gasteiger partial charge >= 0.3 is 0 Å². The zero-order chi connectivity index (χ0) is 13.1. The standard InChI is InChI=1S/C13H22N2O3/c1-14(10-7-5-3-2-4-6-8-10)13(16)11-9-12(11)15(17)18/h10-12H,2-9H2,1H3/t11-,12-/m1/s1. The molecule has 2 aliphatic carbocycles. The molecule has 0 aromatic heterocycles. The lowest BCUT2D eigenvalue weighted by Gasteiger charge is -2.29. The van der Waals surface area contributed by atoms with Crippen molar-refractivity contribution in [2.24, 2.45) is 5.92 Å². The Balaban J connectivity index is 1.87. The van der Waals surface area contributed by atoms with Crippen LogP contribution in [0.2, 0.25) is 0 Å². The van der Waals surface area contributed by atoms with E-state index in [2.05, 4.69) is 0 Å². The van der Waals surface area contributed by atoms with Crippen LogP contribution in [0.5, 0.6) is 0 Å². The molecular weight excluding hydrogens is 232 g/mol. The van der Waals surface area contributed by atoms with E-state index in [1.807, 2.05) is 7.05 Å². The van der Waals surface area contributed by atoms with Gasteiger partial charge in [-0.1, -0.05) is 32.1 Å². The predicted molar refractivity (Wildman–Crippen MR) is 67.8 cm³/mol. The zero-order valence-corrected chi connectivity index (χ0v) is 11.0. The van der Waals surface area contributed by atoms with Gasteiger partial charge in [0.05, 0.1) is 0 Å². The van der Waals surface area contributed by atoms with E-state index in [1.54, 1.807) is 4.90 Å². The minimum Gasteiger partial charge on any atom is -0.342 e. The van der Waals surface area contributed by atoms with Crippen molar-refractivity contribution >= 4 is 5.91 Å². The molecule has 5 nitrogen and oxygen atoms in total. The summed E-state index contributed by atoms with van der Waals surface area (Å²) >= 11 is 0. The molecular formula is C13H22N2O3. The highest BCUT2D eigenvalue weighted by atomic mass is 16.6. The van der Waals surface area contributed by atoms with E-state index in [4.69, 9.17) is 0 Å². The first-order valence-electron chi connectivity index (χ1n) is 7.01. The second-order valence-electron chi connectivity index (χ2n) is 5.64. The van der Waals surface area contributed by atoms with E-state index in [0.717, 1.165) is 12.8 Å². The minimum atomic E-state index is -0.617. The van der Waals surface area contributed by atoms with Crippen LogP contribution in [-0.2, 0) is 4.79 Å². The van der Waals surface area contributed by atoms with Crippen LogP contribution in [0.3, 0.4) is 0 Å². The highest BCUT2D eigenvalue weighted by Crippen LogP contribution is 2.35. The highest BCUT2D eigenvalue weighted by molar-refractivity contribution is 5.82. The lowest BCUT2D eigenvalue weighted by Crippen LogP contribution is -2.39. The molecule has 0 bridgehead atoms. The second kappa shape index (κ2) is 5.67. The van der Waals surface area contributed by atoms with Crippen molar-refractivity contribution in [1.82, 2.24) is 4.90 Å². The molecule has 5 heteroatoms. The predicted octanol–water partition coefficient (Wildman–Crippen LogP) is 2.22. The van der Waals surface area contributed by atoms with Gasteiger partial charge in [-0.2, -0.15) is 0 Å². The lowest BCUT2D eigenvalue weighted by atomic mass is 9.95. The molecule has 18 heavy (non-hydrogen) atoms. The summed E-state index contributed by atoms with van der Waals surface area (Å²) in [6.07, 6.45) is 8.69. The first kappa shape index (κ1) is 13.3. The Morgan fingerprint density at radius 3 is 2.22 bits per heavy atom. The molecule has 0 spiro atoms. The van der Waals surface area contributed by atoms with Crippen LogP contribution in [0.1, 0.15) is 51.4 Å². The van der Waals surface area contributed by atoms with Crippen LogP contribution in [0, 0.1) is 16.0 Å². The van der Waals surface area contributed by atoms with Crippen LogP contribution in [-0.4, -0.2) is 34.9 Å². The Morgan fingerprint density at radius 2 is 1.72 bits per heavy atom. The third-order valence-electron chi connectivity index (χ3n) is 4.31. The van der Waals surface area contributed by atoms with Crippen LogP contribution >= 0.6 is 0 Å². The first-order valence-corrected chi connectivity index (χ1v) is 7.01. The molecule has 0 aliphatic heterocycles. The number of amides is 1. The van der Waals surface area contributed by atoms with Crippen molar-refractivity contribution in [3.05, 3.63) is 10.1 Å². The number of hydrogen-bond acceptors (Lipinski definition) is 3. The summed E-state index contributed by atoms with van der Waals surface area (Å²) in [5.41, 5.74) is 0. The molecule has 0 aromatic carbocycles. The van der Waals surface area contributed by atoms with E-state index < -0.39 is 6.04 Å². The molecule has 0 unspecified atom stereocenters. The summed E-state index contributed by atoms with van der Waals surface area (Å²) in [6, 6.07) is -0.320. The Kier molecular flexibility index (Phi) is 4.19. The van der Waals surface area contributed by atoms with Gasteiger partial charge in [0.25, 0.3) is 0 Å². The van der Waals surface area contributed by atoms with Crippen LogP contribution in [0.15, 0.2) is 0 Å². The van der Waals surface area contributed by atoms with Gasteiger partial charge in [0.2, 0.25) is 11.9 Å². The lowest BCUT2D eigenvalue weighted by molar-refractivity contribution is -0.497. The van der Waals surface area contributed by atoms with Gasteiger partial charge in [-0.15, -0.1) is 0 Å². The molecule has 0 heterocycles.